The van der Waals surface area contributed by atoms with Gasteiger partial charge in [0.2, 0.25) is 0 Å². The number of aromatic nitrogens is 3. The van der Waals surface area contributed by atoms with Gasteiger partial charge in [-0.05, 0) is 30.7 Å². The van der Waals surface area contributed by atoms with Crippen molar-refractivity contribution in [3.8, 4) is 5.69 Å². The van der Waals surface area contributed by atoms with Crippen molar-refractivity contribution in [1.29, 1.82) is 0 Å². The fourth-order valence-electron chi connectivity index (χ4n) is 1.36. The first kappa shape index (κ1) is 11.1. The van der Waals surface area contributed by atoms with Crippen molar-refractivity contribution in [3.05, 3.63) is 40.7 Å². The van der Waals surface area contributed by atoms with E-state index < -0.39 is 5.24 Å². The summed E-state index contributed by atoms with van der Waals surface area (Å²) in [4.78, 5) is 11.0. The average Bonchev–Trinajstić information content (AvgIpc) is 2.61. The van der Waals surface area contributed by atoms with Gasteiger partial charge in [-0.15, -0.1) is 5.10 Å². The lowest BCUT2D eigenvalue weighted by Gasteiger charge is -2.04. The summed E-state index contributed by atoms with van der Waals surface area (Å²) in [6.45, 7) is 1.71. The van der Waals surface area contributed by atoms with Crippen LogP contribution in [-0.4, -0.2) is 20.2 Å². The summed E-state index contributed by atoms with van der Waals surface area (Å²) in [5.41, 5.74) is 1.37. The second kappa shape index (κ2) is 4.23. The largest absolute Gasteiger partial charge is 0.274 e. The second-order valence-corrected chi connectivity index (χ2v) is 3.91. The van der Waals surface area contributed by atoms with Crippen LogP contribution in [0.4, 0.5) is 0 Å². The molecule has 0 bridgehead atoms. The molecule has 2 rings (SSSR count). The topological polar surface area (TPSA) is 47.8 Å². The van der Waals surface area contributed by atoms with Crippen molar-refractivity contribution in [2.75, 3.05) is 0 Å². The van der Waals surface area contributed by atoms with Crippen LogP contribution >= 0.6 is 23.2 Å². The van der Waals surface area contributed by atoms with Crippen LogP contribution in [0.2, 0.25) is 5.02 Å². The molecule has 0 aliphatic rings. The van der Waals surface area contributed by atoms with Crippen LogP contribution in [0.5, 0.6) is 0 Å². The van der Waals surface area contributed by atoms with Gasteiger partial charge in [0.15, 0.2) is 5.69 Å². The molecule has 0 amide bonds. The molecule has 0 atom stereocenters. The Morgan fingerprint density at radius 1 is 1.38 bits per heavy atom. The third-order valence-corrected chi connectivity index (χ3v) is 2.66. The number of para-hydroxylation sites is 1. The number of carbonyl (C=O) groups is 1. The molecule has 0 unspecified atom stereocenters. The Bertz CT molecular complexity index is 551. The quantitative estimate of drug-likeness (QED) is 0.776. The molecule has 2 aromatic rings. The van der Waals surface area contributed by atoms with E-state index in [0.717, 1.165) is 0 Å². The molecule has 16 heavy (non-hydrogen) atoms. The normalized spacial score (nSPS) is 10.4. The van der Waals surface area contributed by atoms with Gasteiger partial charge in [0, 0.05) is 0 Å². The fraction of sp³-hybridized carbons (Fsp3) is 0.100. The van der Waals surface area contributed by atoms with Crippen LogP contribution in [0.3, 0.4) is 0 Å². The number of benzene rings is 1. The van der Waals surface area contributed by atoms with Gasteiger partial charge in [0.05, 0.1) is 16.4 Å². The second-order valence-electron chi connectivity index (χ2n) is 3.16. The van der Waals surface area contributed by atoms with Crippen LogP contribution < -0.4 is 0 Å². The molecule has 82 valence electrons. The van der Waals surface area contributed by atoms with Gasteiger partial charge >= 0.3 is 0 Å². The van der Waals surface area contributed by atoms with E-state index in [1.807, 2.05) is 12.1 Å². The molecule has 0 saturated heterocycles. The maximum Gasteiger partial charge on any atom is 0.274 e. The molecule has 0 N–H and O–H groups in total. The molecular formula is C10H7Cl2N3O. The lowest BCUT2D eigenvalue weighted by atomic mass is 10.3. The van der Waals surface area contributed by atoms with Gasteiger partial charge in [0.25, 0.3) is 5.24 Å². The zero-order valence-electron chi connectivity index (χ0n) is 8.32. The number of carbonyl (C=O) groups excluding carboxylic acids is 1. The van der Waals surface area contributed by atoms with Crippen LogP contribution in [0.15, 0.2) is 24.3 Å². The van der Waals surface area contributed by atoms with Crippen LogP contribution in [0, 0.1) is 6.92 Å². The lowest BCUT2D eigenvalue weighted by Crippen LogP contribution is -2.01. The van der Waals surface area contributed by atoms with Crippen molar-refractivity contribution >= 4 is 28.4 Å². The predicted molar refractivity (Wildman–Crippen MR) is 61.3 cm³/mol. The summed E-state index contributed by atoms with van der Waals surface area (Å²) < 4.78 is 1.48. The summed E-state index contributed by atoms with van der Waals surface area (Å²) in [5, 5.41) is 7.45. The first-order chi connectivity index (χ1) is 7.61. The Morgan fingerprint density at radius 2 is 2.06 bits per heavy atom. The van der Waals surface area contributed by atoms with Gasteiger partial charge < -0.3 is 0 Å². The molecule has 0 aliphatic heterocycles. The Hall–Kier alpha value is -1.39. The maximum atomic E-state index is 11.0. The Labute approximate surface area is 102 Å². The van der Waals surface area contributed by atoms with Gasteiger partial charge in [-0.1, -0.05) is 28.9 Å². The lowest BCUT2D eigenvalue weighted by molar-refractivity contribution is 0.107. The highest BCUT2D eigenvalue weighted by atomic mass is 35.5. The molecule has 0 saturated carbocycles. The highest BCUT2D eigenvalue weighted by Gasteiger charge is 2.16. The van der Waals surface area contributed by atoms with E-state index in [4.69, 9.17) is 23.2 Å². The number of nitrogens with zero attached hydrogens (tertiary/aromatic N) is 3. The number of hydrogen-bond donors (Lipinski definition) is 0. The van der Waals surface area contributed by atoms with E-state index in [0.29, 0.717) is 16.4 Å². The number of rotatable bonds is 2. The zero-order chi connectivity index (χ0) is 11.7. The minimum atomic E-state index is -0.629. The molecule has 6 heteroatoms. The van der Waals surface area contributed by atoms with E-state index >= 15 is 0 Å². The molecule has 4 nitrogen and oxygen atoms in total. The van der Waals surface area contributed by atoms with E-state index in [2.05, 4.69) is 10.3 Å². The summed E-state index contributed by atoms with van der Waals surface area (Å²) >= 11 is 11.4. The molecule has 0 radical (unpaired) electrons. The number of hydrogen-bond acceptors (Lipinski definition) is 3. The minimum absolute atomic E-state index is 0.140. The first-order valence-electron chi connectivity index (χ1n) is 4.48. The van der Waals surface area contributed by atoms with E-state index in [9.17, 15) is 4.79 Å². The van der Waals surface area contributed by atoms with Crippen LogP contribution in [-0.2, 0) is 0 Å². The van der Waals surface area contributed by atoms with E-state index in [-0.39, 0.29) is 5.69 Å². The van der Waals surface area contributed by atoms with Crippen molar-refractivity contribution < 1.29 is 4.79 Å². The van der Waals surface area contributed by atoms with Gasteiger partial charge in [0.1, 0.15) is 0 Å². The molecule has 0 fully saturated rings. The smallest absolute Gasteiger partial charge is 0.274 e. The summed E-state index contributed by atoms with van der Waals surface area (Å²) in [7, 11) is 0. The number of halogens is 2. The summed E-state index contributed by atoms with van der Waals surface area (Å²) in [5.74, 6) is 0. The highest BCUT2D eigenvalue weighted by Crippen LogP contribution is 2.21. The van der Waals surface area contributed by atoms with Gasteiger partial charge in [-0.2, -0.15) is 0 Å². The third kappa shape index (κ3) is 1.81. The van der Waals surface area contributed by atoms with Crippen molar-refractivity contribution in [2.45, 2.75) is 6.92 Å². The van der Waals surface area contributed by atoms with Gasteiger partial charge in [-0.25, -0.2) is 4.68 Å². The van der Waals surface area contributed by atoms with E-state index in [1.165, 1.54) is 4.68 Å². The molecule has 1 aromatic carbocycles. The highest BCUT2D eigenvalue weighted by molar-refractivity contribution is 6.67. The van der Waals surface area contributed by atoms with Crippen LogP contribution in [0.1, 0.15) is 16.2 Å². The Morgan fingerprint density at radius 3 is 2.62 bits per heavy atom. The SMILES string of the molecule is Cc1c(C(=O)Cl)nnn1-c1ccccc1Cl. The standard InChI is InChI=1S/C10H7Cl2N3O/c1-6-9(10(12)16)13-14-15(6)8-5-3-2-4-7(8)11/h2-5H,1H3. The summed E-state index contributed by atoms with van der Waals surface area (Å²) in [6, 6.07) is 7.16. The predicted octanol–water partition coefficient (Wildman–Crippen LogP) is 2.61. The Balaban J connectivity index is 2.58. The molecule has 0 aliphatic carbocycles. The average molecular weight is 256 g/mol. The zero-order valence-corrected chi connectivity index (χ0v) is 9.83. The van der Waals surface area contributed by atoms with Crippen molar-refractivity contribution in [2.24, 2.45) is 0 Å². The monoisotopic (exact) mass is 255 g/mol. The molecule has 1 aromatic heterocycles. The van der Waals surface area contributed by atoms with Crippen molar-refractivity contribution in [3.63, 3.8) is 0 Å². The third-order valence-electron chi connectivity index (χ3n) is 2.16. The summed E-state index contributed by atoms with van der Waals surface area (Å²) in [6.07, 6.45) is 0. The van der Waals surface area contributed by atoms with E-state index in [1.54, 1.807) is 19.1 Å². The molecular weight excluding hydrogens is 249 g/mol. The first-order valence-corrected chi connectivity index (χ1v) is 5.24. The van der Waals surface area contributed by atoms with Crippen molar-refractivity contribution in [1.82, 2.24) is 15.0 Å². The van der Waals surface area contributed by atoms with Gasteiger partial charge in [-0.3, -0.25) is 4.79 Å². The maximum absolute atomic E-state index is 11.0. The Kier molecular flexibility index (Phi) is 2.94. The molecule has 0 spiro atoms. The molecule has 1 heterocycles. The minimum Gasteiger partial charge on any atom is -0.274 e. The van der Waals surface area contributed by atoms with Crippen LogP contribution in [0.25, 0.3) is 5.69 Å². The fourth-order valence-corrected chi connectivity index (χ4v) is 1.75.